The van der Waals surface area contributed by atoms with Gasteiger partial charge in [0.2, 0.25) is 0 Å². The van der Waals surface area contributed by atoms with Crippen LogP contribution in [0.5, 0.6) is 0 Å². The van der Waals surface area contributed by atoms with Crippen molar-refractivity contribution in [1.82, 2.24) is 10.2 Å². The smallest absolute Gasteiger partial charge is 0.0666 e. The number of ether oxygens (including phenoxy) is 1. The Morgan fingerprint density at radius 1 is 1.33 bits per heavy atom. The molecule has 2 rings (SSSR count). The van der Waals surface area contributed by atoms with Crippen molar-refractivity contribution in [2.75, 3.05) is 26.2 Å². The van der Waals surface area contributed by atoms with Crippen molar-refractivity contribution in [3.8, 4) is 0 Å². The van der Waals surface area contributed by atoms with E-state index in [-0.39, 0.29) is 5.60 Å². The molecule has 2 heterocycles. The van der Waals surface area contributed by atoms with Crippen LogP contribution in [0, 0.1) is 0 Å². The van der Waals surface area contributed by atoms with Gasteiger partial charge in [-0.05, 0) is 52.1 Å². The van der Waals surface area contributed by atoms with E-state index in [2.05, 4.69) is 31.0 Å². The molecule has 0 radical (unpaired) electrons. The average Bonchev–Trinajstić information content (AvgIpc) is 2.89. The van der Waals surface area contributed by atoms with E-state index in [4.69, 9.17) is 4.74 Å². The quantitative estimate of drug-likeness (QED) is 0.815. The monoisotopic (exact) mass is 254 g/mol. The van der Waals surface area contributed by atoms with E-state index in [1.165, 1.54) is 45.3 Å². The average molecular weight is 254 g/mol. The number of nitrogens with one attached hydrogen (secondary N) is 1. The van der Waals surface area contributed by atoms with Gasteiger partial charge in [-0.15, -0.1) is 0 Å². The van der Waals surface area contributed by atoms with Crippen LogP contribution in [0.15, 0.2) is 0 Å². The van der Waals surface area contributed by atoms with Crippen LogP contribution in [0.25, 0.3) is 0 Å². The van der Waals surface area contributed by atoms with Gasteiger partial charge in [0.15, 0.2) is 0 Å². The Morgan fingerprint density at radius 2 is 2.17 bits per heavy atom. The number of likely N-dealkylation sites (N-methyl/N-ethyl adjacent to an activating group) is 1. The first-order chi connectivity index (χ1) is 8.67. The third-order valence-electron chi connectivity index (χ3n) is 4.86. The fourth-order valence-electron chi connectivity index (χ4n) is 3.39. The molecule has 3 nitrogen and oxygen atoms in total. The molecule has 0 aromatic carbocycles. The summed E-state index contributed by atoms with van der Waals surface area (Å²) in [5, 5.41) is 3.62. The van der Waals surface area contributed by atoms with Crippen LogP contribution in [-0.2, 0) is 4.74 Å². The highest BCUT2D eigenvalue weighted by Crippen LogP contribution is 2.30. The van der Waals surface area contributed by atoms with Crippen LogP contribution in [-0.4, -0.2) is 48.8 Å². The Bertz CT molecular complexity index is 253. The molecule has 1 N–H and O–H groups in total. The van der Waals surface area contributed by atoms with E-state index >= 15 is 0 Å². The first kappa shape index (κ1) is 14.3. The topological polar surface area (TPSA) is 24.5 Å². The zero-order valence-corrected chi connectivity index (χ0v) is 12.4. The van der Waals surface area contributed by atoms with E-state index < -0.39 is 0 Å². The van der Waals surface area contributed by atoms with Crippen LogP contribution in [0.1, 0.15) is 52.9 Å². The first-order valence-electron chi connectivity index (χ1n) is 7.78. The minimum Gasteiger partial charge on any atom is -0.375 e. The third kappa shape index (κ3) is 3.46. The van der Waals surface area contributed by atoms with Crippen LogP contribution in [0.4, 0.5) is 0 Å². The predicted octanol–water partition coefficient (Wildman–Crippen LogP) is 2.41. The Kier molecular flexibility index (Phi) is 5.05. The van der Waals surface area contributed by atoms with E-state index in [9.17, 15) is 0 Å². The summed E-state index contributed by atoms with van der Waals surface area (Å²) >= 11 is 0. The first-order valence-corrected chi connectivity index (χ1v) is 7.78. The van der Waals surface area contributed by atoms with E-state index in [0.29, 0.717) is 0 Å². The second-order valence-electron chi connectivity index (χ2n) is 6.18. The molecule has 106 valence electrons. The number of rotatable bonds is 5. The van der Waals surface area contributed by atoms with E-state index in [1.807, 2.05) is 0 Å². The molecule has 2 saturated heterocycles. The lowest BCUT2D eigenvalue weighted by atomic mass is 9.89. The molecule has 2 aliphatic heterocycles. The van der Waals surface area contributed by atoms with Gasteiger partial charge in [-0.25, -0.2) is 0 Å². The maximum absolute atomic E-state index is 5.97. The minimum absolute atomic E-state index is 0.111. The summed E-state index contributed by atoms with van der Waals surface area (Å²) in [6.45, 7) is 11.4. The van der Waals surface area contributed by atoms with Crippen molar-refractivity contribution in [3.63, 3.8) is 0 Å². The Balaban J connectivity index is 1.90. The normalized spacial score (nSPS) is 37.3. The van der Waals surface area contributed by atoms with Gasteiger partial charge >= 0.3 is 0 Å². The van der Waals surface area contributed by atoms with Crippen molar-refractivity contribution in [2.24, 2.45) is 0 Å². The minimum atomic E-state index is 0.111. The summed E-state index contributed by atoms with van der Waals surface area (Å²) < 4.78 is 5.97. The van der Waals surface area contributed by atoms with Gasteiger partial charge in [0.1, 0.15) is 0 Å². The van der Waals surface area contributed by atoms with Gasteiger partial charge in [0.25, 0.3) is 0 Å². The largest absolute Gasteiger partial charge is 0.375 e. The standard InChI is InChI=1S/C15H30N2O/c1-4-15(3)11-14(8-10-18-15)17(5-2)12-13-7-6-9-16-13/h13-14,16H,4-12H2,1-3H3. The molecule has 3 unspecified atom stereocenters. The van der Waals surface area contributed by atoms with Crippen molar-refractivity contribution in [2.45, 2.75) is 70.6 Å². The fraction of sp³-hybridized carbons (Fsp3) is 1.00. The van der Waals surface area contributed by atoms with Crippen molar-refractivity contribution >= 4 is 0 Å². The lowest BCUT2D eigenvalue weighted by Gasteiger charge is -2.43. The molecule has 0 aromatic heterocycles. The SMILES string of the molecule is CCN(CC1CCCN1)C1CCOC(C)(CC)C1. The molecule has 2 fully saturated rings. The highest BCUT2D eigenvalue weighted by molar-refractivity contribution is 4.89. The summed E-state index contributed by atoms with van der Waals surface area (Å²) in [5.41, 5.74) is 0.111. The molecule has 3 atom stereocenters. The molecular weight excluding hydrogens is 224 g/mol. The molecule has 0 spiro atoms. The Hall–Kier alpha value is -0.120. The highest BCUT2D eigenvalue weighted by Gasteiger charge is 2.34. The third-order valence-corrected chi connectivity index (χ3v) is 4.86. The van der Waals surface area contributed by atoms with Crippen LogP contribution < -0.4 is 5.32 Å². The summed E-state index contributed by atoms with van der Waals surface area (Å²) in [6, 6.07) is 1.44. The number of hydrogen-bond acceptors (Lipinski definition) is 3. The van der Waals surface area contributed by atoms with Gasteiger partial charge in [-0.1, -0.05) is 13.8 Å². The van der Waals surface area contributed by atoms with Crippen LogP contribution >= 0.6 is 0 Å². The fourth-order valence-corrected chi connectivity index (χ4v) is 3.39. The molecule has 3 heteroatoms. The van der Waals surface area contributed by atoms with Gasteiger partial charge in [0, 0.05) is 25.2 Å². The molecule has 0 aromatic rings. The van der Waals surface area contributed by atoms with Gasteiger partial charge in [-0.3, -0.25) is 4.90 Å². The summed E-state index contributed by atoms with van der Waals surface area (Å²) in [5.74, 6) is 0. The summed E-state index contributed by atoms with van der Waals surface area (Å²) in [4.78, 5) is 2.68. The maximum Gasteiger partial charge on any atom is 0.0666 e. The van der Waals surface area contributed by atoms with Crippen molar-refractivity contribution < 1.29 is 4.74 Å². The van der Waals surface area contributed by atoms with Crippen molar-refractivity contribution in [3.05, 3.63) is 0 Å². The van der Waals surface area contributed by atoms with Gasteiger partial charge < -0.3 is 10.1 Å². The zero-order chi connectivity index (χ0) is 13.0. The molecule has 0 saturated carbocycles. The number of hydrogen-bond donors (Lipinski definition) is 1. The van der Waals surface area contributed by atoms with Crippen LogP contribution in [0.2, 0.25) is 0 Å². The Labute approximate surface area is 112 Å². The molecule has 2 aliphatic rings. The summed E-state index contributed by atoms with van der Waals surface area (Å²) in [6.07, 6.45) is 6.23. The maximum atomic E-state index is 5.97. The van der Waals surface area contributed by atoms with Crippen LogP contribution in [0.3, 0.4) is 0 Å². The molecule has 0 aliphatic carbocycles. The van der Waals surface area contributed by atoms with Crippen molar-refractivity contribution in [1.29, 1.82) is 0 Å². The second-order valence-corrected chi connectivity index (χ2v) is 6.18. The zero-order valence-electron chi connectivity index (χ0n) is 12.4. The predicted molar refractivity (Wildman–Crippen MR) is 75.9 cm³/mol. The van der Waals surface area contributed by atoms with Gasteiger partial charge in [0.05, 0.1) is 5.60 Å². The lowest BCUT2D eigenvalue weighted by molar-refractivity contribution is -0.0966. The molecule has 0 bridgehead atoms. The molecule has 0 amide bonds. The summed E-state index contributed by atoms with van der Waals surface area (Å²) in [7, 11) is 0. The van der Waals surface area contributed by atoms with E-state index in [0.717, 1.165) is 25.1 Å². The lowest BCUT2D eigenvalue weighted by Crippen LogP contribution is -2.50. The molecule has 18 heavy (non-hydrogen) atoms. The Morgan fingerprint density at radius 3 is 2.78 bits per heavy atom. The van der Waals surface area contributed by atoms with E-state index in [1.54, 1.807) is 0 Å². The highest BCUT2D eigenvalue weighted by atomic mass is 16.5. The second kappa shape index (κ2) is 6.36. The molecular formula is C15H30N2O. The number of nitrogens with zero attached hydrogens (tertiary/aromatic N) is 1. The van der Waals surface area contributed by atoms with Gasteiger partial charge in [-0.2, -0.15) is 0 Å².